The number of carbonyl (C=O) groups excluding carboxylic acids is 1. The molecular formula is C11H17N3O2S. The van der Waals surface area contributed by atoms with Crippen molar-refractivity contribution in [1.29, 1.82) is 0 Å². The van der Waals surface area contributed by atoms with E-state index in [1.54, 1.807) is 18.3 Å². The minimum absolute atomic E-state index is 0.406. The Balaban J connectivity index is 2.00. The van der Waals surface area contributed by atoms with Crippen molar-refractivity contribution >= 4 is 17.2 Å². The summed E-state index contributed by atoms with van der Waals surface area (Å²) < 4.78 is 5.47. The lowest BCUT2D eigenvalue weighted by atomic mass is 10.0. The molecule has 1 fully saturated rings. The number of aryl methyl sites for hydroxylation is 1. The highest BCUT2D eigenvalue weighted by Gasteiger charge is 2.37. The Morgan fingerprint density at radius 3 is 3.12 bits per heavy atom. The van der Waals surface area contributed by atoms with E-state index < -0.39 is 11.5 Å². The van der Waals surface area contributed by atoms with E-state index in [9.17, 15) is 4.79 Å². The second-order valence-electron chi connectivity index (χ2n) is 4.51. The number of nitrogens with two attached hydrogens (primary N) is 1. The lowest BCUT2D eigenvalue weighted by molar-refractivity contribution is -0.153. The molecule has 0 aromatic carbocycles. The third-order valence-electron chi connectivity index (χ3n) is 2.93. The zero-order valence-corrected chi connectivity index (χ0v) is 10.9. The normalized spacial score (nSPS) is 26.0. The van der Waals surface area contributed by atoms with Crippen molar-refractivity contribution in [3.05, 3.63) is 16.1 Å². The molecule has 1 aliphatic rings. The number of hydrogen-bond donors (Lipinski definition) is 1. The molecule has 6 heteroatoms. The Bertz CT molecular complexity index is 421. The van der Waals surface area contributed by atoms with Crippen LogP contribution in [0.25, 0.3) is 0 Å². The van der Waals surface area contributed by atoms with E-state index in [1.165, 1.54) is 0 Å². The number of thiazole rings is 1. The van der Waals surface area contributed by atoms with Crippen LogP contribution in [0.3, 0.4) is 0 Å². The van der Waals surface area contributed by atoms with Crippen molar-refractivity contribution in [2.75, 3.05) is 19.7 Å². The molecule has 2 rings (SSSR count). The maximum atomic E-state index is 11.3. The SMILES string of the molecule is Cc1nc(CN2CCO[C@](C)(C(N)=O)C2)cs1. The van der Waals surface area contributed by atoms with Gasteiger partial charge in [0.1, 0.15) is 0 Å². The van der Waals surface area contributed by atoms with Crippen LogP contribution in [0.5, 0.6) is 0 Å². The summed E-state index contributed by atoms with van der Waals surface area (Å²) in [5.74, 6) is -0.406. The van der Waals surface area contributed by atoms with Crippen LogP contribution < -0.4 is 5.73 Å². The molecule has 1 aromatic rings. The summed E-state index contributed by atoms with van der Waals surface area (Å²) >= 11 is 1.64. The molecule has 2 heterocycles. The Morgan fingerprint density at radius 1 is 1.76 bits per heavy atom. The highest BCUT2D eigenvalue weighted by atomic mass is 32.1. The van der Waals surface area contributed by atoms with E-state index in [4.69, 9.17) is 10.5 Å². The van der Waals surface area contributed by atoms with Crippen LogP contribution in [0.2, 0.25) is 0 Å². The number of carbonyl (C=O) groups is 1. The van der Waals surface area contributed by atoms with Gasteiger partial charge in [0.2, 0.25) is 0 Å². The van der Waals surface area contributed by atoms with Gasteiger partial charge < -0.3 is 10.5 Å². The average Bonchev–Trinajstić information content (AvgIpc) is 2.64. The zero-order valence-electron chi connectivity index (χ0n) is 10.1. The van der Waals surface area contributed by atoms with Gasteiger partial charge in [-0.15, -0.1) is 11.3 Å². The summed E-state index contributed by atoms with van der Waals surface area (Å²) in [5, 5.41) is 3.11. The van der Waals surface area contributed by atoms with Gasteiger partial charge in [-0.1, -0.05) is 0 Å². The van der Waals surface area contributed by atoms with Crippen molar-refractivity contribution in [2.24, 2.45) is 5.73 Å². The third-order valence-corrected chi connectivity index (χ3v) is 3.75. The summed E-state index contributed by atoms with van der Waals surface area (Å²) in [6, 6.07) is 0. The van der Waals surface area contributed by atoms with Crippen LogP contribution in [0.15, 0.2) is 5.38 Å². The summed E-state index contributed by atoms with van der Waals surface area (Å²) in [5.41, 5.74) is 5.53. The second-order valence-corrected chi connectivity index (χ2v) is 5.57. The molecule has 1 atom stereocenters. The van der Waals surface area contributed by atoms with Crippen molar-refractivity contribution in [2.45, 2.75) is 26.0 Å². The van der Waals surface area contributed by atoms with Crippen LogP contribution in [-0.2, 0) is 16.1 Å². The van der Waals surface area contributed by atoms with Gasteiger partial charge in [0.25, 0.3) is 5.91 Å². The topological polar surface area (TPSA) is 68.5 Å². The average molecular weight is 255 g/mol. The molecule has 2 N–H and O–H groups in total. The third kappa shape index (κ3) is 2.83. The number of amides is 1. The van der Waals surface area contributed by atoms with E-state index in [1.807, 2.05) is 12.3 Å². The molecule has 0 aliphatic carbocycles. The highest BCUT2D eigenvalue weighted by molar-refractivity contribution is 7.09. The maximum Gasteiger partial charge on any atom is 0.250 e. The highest BCUT2D eigenvalue weighted by Crippen LogP contribution is 2.19. The second kappa shape index (κ2) is 4.72. The number of morpholine rings is 1. The first-order valence-corrected chi connectivity index (χ1v) is 6.45. The van der Waals surface area contributed by atoms with Crippen molar-refractivity contribution in [3.8, 4) is 0 Å². The van der Waals surface area contributed by atoms with Crippen LogP contribution in [-0.4, -0.2) is 41.1 Å². The first-order valence-electron chi connectivity index (χ1n) is 5.57. The van der Waals surface area contributed by atoms with E-state index >= 15 is 0 Å². The molecule has 94 valence electrons. The molecule has 1 aliphatic heterocycles. The fourth-order valence-electron chi connectivity index (χ4n) is 1.95. The summed E-state index contributed by atoms with van der Waals surface area (Å²) in [4.78, 5) is 17.9. The van der Waals surface area contributed by atoms with Crippen molar-refractivity contribution in [3.63, 3.8) is 0 Å². The molecule has 5 nitrogen and oxygen atoms in total. The predicted octanol–water partition coefficient (Wildman–Crippen LogP) is 0.528. The molecule has 1 saturated heterocycles. The Morgan fingerprint density at radius 2 is 2.53 bits per heavy atom. The minimum Gasteiger partial charge on any atom is -0.367 e. The van der Waals surface area contributed by atoms with Gasteiger partial charge in [-0.05, 0) is 13.8 Å². The lowest BCUT2D eigenvalue weighted by Gasteiger charge is -2.37. The molecule has 0 radical (unpaired) electrons. The molecule has 0 bridgehead atoms. The van der Waals surface area contributed by atoms with E-state index in [0.29, 0.717) is 13.2 Å². The van der Waals surface area contributed by atoms with Crippen LogP contribution >= 0.6 is 11.3 Å². The number of aromatic nitrogens is 1. The van der Waals surface area contributed by atoms with Gasteiger partial charge in [-0.25, -0.2) is 4.98 Å². The summed E-state index contributed by atoms with van der Waals surface area (Å²) in [6.45, 7) is 6.34. The van der Waals surface area contributed by atoms with E-state index in [-0.39, 0.29) is 0 Å². The fraction of sp³-hybridized carbons (Fsp3) is 0.636. The van der Waals surface area contributed by atoms with Gasteiger partial charge in [0.05, 0.1) is 17.3 Å². The molecule has 0 saturated carbocycles. The molecular weight excluding hydrogens is 238 g/mol. The quantitative estimate of drug-likeness (QED) is 0.855. The maximum absolute atomic E-state index is 11.3. The largest absolute Gasteiger partial charge is 0.367 e. The minimum atomic E-state index is -0.872. The van der Waals surface area contributed by atoms with Crippen molar-refractivity contribution in [1.82, 2.24) is 9.88 Å². The van der Waals surface area contributed by atoms with Crippen molar-refractivity contribution < 1.29 is 9.53 Å². The van der Waals surface area contributed by atoms with Crippen LogP contribution in [0, 0.1) is 6.92 Å². The van der Waals surface area contributed by atoms with Gasteiger partial charge in [0.15, 0.2) is 5.60 Å². The van der Waals surface area contributed by atoms with Gasteiger partial charge in [-0.2, -0.15) is 0 Å². The smallest absolute Gasteiger partial charge is 0.250 e. The van der Waals surface area contributed by atoms with Gasteiger partial charge >= 0.3 is 0 Å². The standard InChI is InChI=1S/C11H17N3O2S/c1-8-13-9(6-17-8)5-14-3-4-16-11(2,7-14)10(12)15/h6H,3-5,7H2,1-2H3,(H2,12,15)/t11-/m0/s1. The lowest BCUT2D eigenvalue weighted by Crippen LogP contribution is -2.56. The molecule has 1 amide bonds. The Hall–Kier alpha value is -0.980. The van der Waals surface area contributed by atoms with E-state index in [0.717, 1.165) is 23.8 Å². The zero-order chi connectivity index (χ0) is 12.5. The Labute approximate surface area is 105 Å². The van der Waals surface area contributed by atoms with Gasteiger partial charge in [-0.3, -0.25) is 9.69 Å². The van der Waals surface area contributed by atoms with E-state index in [2.05, 4.69) is 9.88 Å². The summed E-state index contributed by atoms with van der Waals surface area (Å²) in [6.07, 6.45) is 0. The first kappa shape index (κ1) is 12.5. The summed E-state index contributed by atoms with van der Waals surface area (Å²) in [7, 11) is 0. The number of rotatable bonds is 3. The van der Waals surface area contributed by atoms with Gasteiger partial charge in [0, 0.05) is 25.0 Å². The van der Waals surface area contributed by atoms with Crippen LogP contribution in [0.4, 0.5) is 0 Å². The fourth-order valence-corrected chi connectivity index (χ4v) is 2.55. The molecule has 17 heavy (non-hydrogen) atoms. The monoisotopic (exact) mass is 255 g/mol. The van der Waals surface area contributed by atoms with Crippen LogP contribution in [0.1, 0.15) is 17.6 Å². The number of hydrogen-bond acceptors (Lipinski definition) is 5. The number of nitrogens with zero attached hydrogens (tertiary/aromatic N) is 2. The molecule has 0 unspecified atom stereocenters. The number of ether oxygens (including phenoxy) is 1. The molecule has 1 aromatic heterocycles. The molecule has 0 spiro atoms. The number of primary amides is 1. The first-order chi connectivity index (χ1) is 7.99. The predicted molar refractivity (Wildman–Crippen MR) is 65.7 cm³/mol. The Kier molecular flexibility index (Phi) is 3.46.